The number of fused-ring (bicyclic) bond motifs is 1. The molecule has 1 aliphatic carbocycles. The molecule has 0 aliphatic heterocycles. The van der Waals surface area contributed by atoms with Crippen molar-refractivity contribution in [1.29, 1.82) is 0 Å². The predicted molar refractivity (Wildman–Crippen MR) is 138 cm³/mol. The molecule has 0 aromatic heterocycles. The minimum atomic E-state index is 0.496. The number of hydrogen-bond acceptors (Lipinski definition) is 0. The van der Waals surface area contributed by atoms with Gasteiger partial charge in [0.1, 0.15) is 0 Å². The normalized spacial score (nSPS) is 14.1. The summed E-state index contributed by atoms with van der Waals surface area (Å²) in [5, 5.41) is 0. The first-order valence-corrected chi connectivity index (χ1v) is 11.5. The lowest BCUT2D eigenvalue weighted by molar-refractivity contribution is 0.595. The van der Waals surface area contributed by atoms with E-state index in [1.807, 2.05) is 6.07 Å². The van der Waals surface area contributed by atoms with Crippen molar-refractivity contribution in [3.05, 3.63) is 119 Å². The first-order valence-electron chi connectivity index (χ1n) is 10.7. The van der Waals surface area contributed by atoms with Gasteiger partial charge in [0.25, 0.3) is 0 Å². The first-order chi connectivity index (χ1) is 14.4. The predicted octanol–water partition coefficient (Wildman–Crippen LogP) is 8.04. The smallest absolute Gasteiger partial charge is 0.00821 e. The van der Waals surface area contributed by atoms with Crippen LogP contribution in [-0.4, -0.2) is 6.16 Å². The Morgan fingerprint density at radius 2 is 1.77 bits per heavy atom. The van der Waals surface area contributed by atoms with Crippen LogP contribution in [0.5, 0.6) is 0 Å². The number of hydrogen-bond donors (Lipinski definition) is 0. The number of benzene rings is 2. The van der Waals surface area contributed by atoms with Crippen LogP contribution in [0, 0.1) is 5.92 Å². The van der Waals surface area contributed by atoms with Gasteiger partial charge in [0, 0.05) is 0 Å². The molecule has 0 amide bonds. The summed E-state index contributed by atoms with van der Waals surface area (Å²) in [5.41, 5.74) is 11.1. The monoisotopic (exact) mass is 412 g/mol. The molecule has 2 aromatic rings. The van der Waals surface area contributed by atoms with Crippen molar-refractivity contribution in [2.75, 3.05) is 6.16 Å². The summed E-state index contributed by atoms with van der Waals surface area (Å²) in [5.74, 6) is 0.496. The molecule has 0 N–H and O–H groups in total. The maximum atomic E-state index is 4.35. The lowest BCUT2D eigenvalue weighted by Gasteiger charge is -2.19. The van der Waals surface area contributed by atoms with Gasteiger partial charge in [-0.05, 0) is 90.2 Å². The zero-order chi connectivity index (χ0) is 21.7. The Kier molecular flexibility index (Phi) is 7.46. The molecule has 0 saturated carbocycles. The molecule has 0 spiro atoms. The van der Waals surface area contributed by atoms with Crippen LogP contribution >= 0.6 is 9.24 Å². The molecule has 3 rings (SSSR count). The molecular formula is C29H33P. The molecule has 1 aliphatic rings. The minimum Gasteiger partial charge on any atom is -0.138 e. The van der Waals surface area contributed by atoms with Crippen LogP contribution in [0.15, 0.2) is 97.1 Å². The van der Waals surface area contributed by atoms with E-state index in [1.54, 1.807) is 0 Å². The Morgan fingerprint density at radius 3 is 2.40 bits per heavy atom. The van der Waals surface area contributed by atoms with Crippen LogP contribution in [0.2, 0.25) is 0 Å². The highest BCUT2D eigenvalue weighted by atomic mass is 31.0. The summed E-state index contributed by atoms with van der Waals surface area (Å²) >= 11 is 0. The second kappa shape index (κ2) is 10.1. The third kappa shape index (κ3) is 5.18. The van der Waals surface area contributed by atoms with Gasteiger partial charge in [-0.1, -0.05) is 85.5 Å². The molecule has 2 aromatic carbocycles. The van der Waals surface area contributed by atoms with Crippen LogP contribution in [0.4, 0.5) is 0 Å². The van der Waals surface area contributed by atoms with E-state index in [9.17, 15) is 0 Å². The molecule has 30 heavy (non-hydrogen) atoms. The van der Waals surface area contributed by atoms with Crippen molar-refractivity contribution in [3.8, 4) is 0 Å². The molecule has 0 saturated heterocycles. The van der Waals surface area contributed by atoms with Crippen LogP contribution in [0.3, 0.4) is 0 Å². The Hall–Kier alpha value is -2.43. The van der Waals surface area contributed by atoms with Crippen LogP contribution in [-0.2, 0) is 6.42 Å². The second-order valence-electron chi connectivity index (χ2n) is 8.35. The molecule has 1 heteroatoms. The van der Waals surface area contributed by atoms with Gasteiger partial charge >= 0.3 is 0 Å². The summed E-state index contributed by atoms with van der Waals surface area (Å²) < 4.78 is 0. The molecule has 2 atom stereocenters. The third-order valence-electron chi connectivity index (χ3n) is 5.99. The number of allylic oxidation sites excluding steroid dienone is 6. The second-order valence-corrected chi connectivity index (χ2v) is 8.93. The van der Waals surface area contributed by atoms with E-state index in [0.717, 1.165) is 36.6 Å². The van der Waals surface area contributed by atoms with Crippen LogP contribution < -0.4 is 0 Å². The SMILES string of the molecule is C=C(C)/C(=C/C1=CCc2ccc(C(=C)c3ccccc3)cc21)CC(CCP)C(=C)C. The molecule has 154 valence electrons. The number of rotatable bonds is 9. The highest BCUT2D eigenvalue weighted by molar-refractivity contribution is 7.16. The summed E-state index contributed by atoms with van der Waals surface area (Å²) in [6, 6.07) is 17.2. The van der Waals surface area contributed by atoms with Gasteiger partial charge in [0.15, 0.2) is 0 Å². The van der Waals surface area contributed by atoms with Crippen LogP contribution in [0.25, 0.3) is 11.1 Å². The van der Waals surface area contributed by atoms with Gasteiger partial charge in [-0.3, -0.25) is 0 Å². The van der Waals surface area contributed by atoms with Gasteiger partial charge in [0.2, 0.25) is 0 Å². The van der Waals surface area contributed by atoms with Gasteiger partial charge in [0.05, 0.1) is 0 Å². The molecule has 0 radical (unpaired) electrons. The van der Waals surface area contributed by atoms with Crippen molar-refractivity contribution in [2.24, 2.45) is 5.92 Å². The highest BCUT2D eigenvalue weighted by Crippen LogP contribution is 2.35. The summed E-state index contributed by atoms with van der Waals surface area (Å²) in [7, 11) is 2.85. The quantitative estimate of drug-likeness (QED) is 0.222. The molecule has 0 bridgehead atoms. The largest absolute Gasteiger partial charge is 0.138 e. The summed E-state index contributed by atoms with van der Waals surface area (Å²) in [4.78, 5) is 0. The fourth-order valence-corrected chi connectivity index (χ4v) is 4.42. The average molecular weight is 413 g/mol. The van der Waals surface area contributed by atoms with E-state index in [2.05, 4.69) is 97.4 Å². The van der Waals surface area contributed by atoms with Gasteiger partial charge in [-0.2, -0.15) is 0 Å². The third-order valence-corrected chi connectivity index (χ3v) is 6.32. The zero-order valence-electron chi connectivity index (χ0n) is 18.4. The Balaban J connectivity index is 1.91. The minimum absolute atomic E-state index is 0.496. The van der Waals surface area contributed by atoms with Crippen molar-refractivity contribution in [3.63, 3.8) is 0 Å². The average Bonchev–Trinajstić information content (AvgIpc) is 3.14. The van der Waals surface area contributed by atoms with Gasteiger partial charge in [-0.25, -0.2) is 0 Å². The Labute approximate surface area is 185 Å². The maximum absolute atomic E-state index is 4.35. The summed E-state index contributed by atoms with van der Waals surface area (Å²) in [6.07, 6.45) is 8.91. The lowest BCUT2D eigenvalue weighted by atomic mass is 9.87. The lowest BCUT2D eigenvalue weighted by Crippen LogP contribution is -2.05. The first kappa shape index (κ1) is 22.3. The molecular weight excluding hydrogens is 379 g/mol. The Bertz CT molecular complexity index is 1020. The van der Waals surface area contributed by atoms with Crippen molar-refractivity contribution >= 4 is 20.4 Å². The summed E-state index contributed by atoms with van der Waals surface area (Å²) in [6.45, 7) is 17.1. The van der Waals surface area contributed by atoms with Gasteiger partial charge < -0.3 is 0 Å². The fraction of sp³-hybridized carbons (Fsp3) is 0.241. The fourth-order valence-electron chi connectivity index (χ4n) is 4.02. The van der Waals surface area contributed by atoms with E-state index in [1.165, 1.54) is 39.0 Å². The maximum Gasteiger partial charge on any atom is -0.00821 e. The zero-order valence-corrected chi connectivity index (χ0v) is 19.5. The van der Waals surface area contributed by atoms with Crippen molar-refractivity contribution in [2.45, 2.75) is 33.1 Å². The van der Waals surface area contributed by atoms with E-state index >= 15 is 0 Å². The molecule has 2 unspecified atom stereocenters. The highest BCUT2D eigenvalue weighted by Gasteiger charge is 2.17. The van der Waals surface area contributed by atoms with E-state index in [4.69, 9.17) is 0 Å². The standard InChI is InChI=1S/C29H33P/c1-20(2)25(15-16-30)17-28(21(3)4)18-27-14-12-24-11-13-26(19-29(24)27)22(5)23-9-7-6-8-10-23/h6-11,13-14,18-19,25H,1,3,5,12,15-17,30H2,2,4H3/b28-18+. The van der Waals surface area contributed by atoms with E-state index in [-0.39, 0.29) is 0 Å². The Morgan fingerprint density at radius 1 is 1.03 bits per heavy atom. The molecule has 0 heterocycles. The topological polar surface area (TPSA) is 0 Å². The molecule has 0 nitrogen and oxygen atoms in total. The molecule has 0 fully saturated rings. The van der Waals surface area contributed by atoms with Crippen molar-refractivity contribution in [1.82, 2.24) is 0 Å². The van der Waals surface area contributed by atoms with E-state index in [0.29, 0.717) is 5.92 Å². The van der Waals surface area contributed by atoms with Crippen molar-refractivity contribution < 1.29 is 0 Å². The van der Waals surface area contributed by atoms with E-state index < -0.39 is 0 Å². The van der Waals surface area contributed by atoms with Gasteiger partial charge in [-0.15, -0.1) is 9.24 Å². The van der Waals surface area contributed by atoms with Crippen LogP contribution in [0.1, 0.15) is 48.9 Å².